The number of allylic oxidation sites excluding steroid dienone is 1. The largest absolute Gasteiger partial charge is 0.481 e. The molecule has 0 aliphatic carbocycles. The third-order valence-electron chi connectivity index (χ3n) is 3.69. The molecular formula is C18H16F3NO3. The van der Waals surface area contributed by atoms with Gasteiger partial charge in [-0.15, -0.1) is 0 Å². The van der Waals surface area contributed by atoms with Gasteiger partial charge in [-0.3, -0.25) is 4.79 Å². The molecule has 2 aromatic carbocycles. The Morgan fingerprint density at radius 1 is 1.16 bits per heavy atom. The second kappa shape index (κ2) is 7.40. The predicted octanol–water partition coefficient (Wildman–Crippen LogP) is 4.11. The highest BCUT2D eigenvalue weighted by Gasteiger charge is 2.30. The van der Waals surface area contributed by atoms with Crippen molar-refractivity contribution in [3.8, 4) is 0 Å². The summed E-state index contributed by atoms with van der Waals surface area (Å²) in [5, 5.41) is 9.01. The van der Waals surface area contributed by atoms with Gasteiger partial charge in [-0.1, -0.05) is 36.4 Å². The number of halogens is 3. The van der Waals surface area contributed by atoms with Crippen molar-refractivity contribution in [1.29, 1.82) is 0 Å². The average molecular weight is 351 g/mol. The SMILES string of the molecule is CC(=C(ON)c1ccccc1CC(=O)O)c1cccc(C(F)(F)F)c1. The second-order valence-corrected chi connectivity index (χ2v) is 5.38. The molecule has 132 valence electrons. The highest BCUT2D eigenvalue weighted by atomic mass is 19.4. The molecule has 0 aliphatic rings. The molecule has 0 radical (unpaired) electrons. The lowest BCUT2D eigenvalue weighted by molar-refractivity contribution is -0.138. The molecule has 0 saturated heterocycles. The van der Waals surface area contributed by atoms with Crippen molar-refractivity contribution in [1.82, 2.24) is 0 Å². The lowest BCUT2D eigenvalue weighted by atomic mass is 9.96. The normalized spacial score (nSPS) is 12.5. The van der Waals surface area contributed by atoms with Crippen LogP contribution in [0.1, 0.15) is 29.2 Å². The topological polar surface area (TPSA) is 72.5 Å². The summed E-state index contributed by atoms with van der Waals surface area (Å²) >= 11 is 0. The van der Waals surface area contributed by atoms with E-state index in [1.165, 1.54) is 12.1 Å². The van der Waals surface area contributed by atoms with Crippen LogP contribution in [0.15, 0.2) is 48.5 Å². The number of alkyl halides is 3. The Hall–Kier alpha value is -2.80. The Kier molecular flexibility index (Phi) is 5.48. The van der Waals surface area contributed by atoms with Gasteiger partial charge in [0.2, 0.25) is 0 Å². The fourth-order valence-corrected chi connectivity index (χ4v) is 2.47. The number of carbonyl (C=O) groups is 1. The maximum Gasteiger partial charge on any atom is 0.416 e. The maximum absolute atomic E-state index is 12.9. The summed E-state index contributed by atoms with van der Waals surface area (Å²) in [5.74, 6) is 4.42. The summed E-state index contributed by atoms with van der Waals surface area (Å²) in [6.07, 6.45) is -4.74. The van der Waals surface area contributed by atoms with Gasteiger partial charge in [0.25, 0.3) is 0 Å². The molecule has 0 aliphatic heterocycles. The average Bonchev–Trinajstić information content (AvgIpc) is 2.56. The van der Waals surface area contributed by atoms with Crippen LogP contribution in [0.4, 0.5) is 13.2 Å². The summed E-state index contributed by atoms with van der Waals surface area (Å²) in [6, 6.07) is 11.3. The smallest absolute Gasteiger partial charge is 0.416 e. The molecule has 7 heteroatoms. The van der Waals surface area contributed by atoms with Crippen LogP contribution in [0.25, 0.3) is 11.3 Å². The van der Waals surface area contributed by atoms with E-state index in [1.54, 1.807) is 31.2 Å². The van der Waals surface area contributed by atoms with E-state index in [-0.39, 0.29) is 17.7 Å². The van der Waals surface area contributed by atoms with Gasteiger partial charge in [0, 0.05) is 11.1 Å². The Morgan fingerprint density at radius 2 is 1.84 bits per heavy atom. The van der Waals surface area contributed by atoms with Crippen LogP contribution in [0.2, 0.25) is 0 Å². The van der Waals surface area contributed by atoms with Gasteiger partial charge < -0.3 is 9.94 Å². The number of benzene rings is 2. The zero-order valence-corrected chi connectivity index (χ0v) is 13.3. The van der Waals surface area contributed by atoms with Gasteiger partial charge in [-0.2, -0.15) is 19.1 Å². The molecule has 2 aromatic rings. The van der Waals surface area contributed by atoms with Crippen LogP contribution >= 0.6 is 0 Å². The Labute approximate surface area is 142 Å². The summed E-state index contributed by atoms with van der Waals surface area (Å²) in [7, 11) is 0. The van der Waals surface area contributed by atoms with E-state index in [9.17, 15) is 18.0 Å². The van der Waals surface area contributed by atoms with Crippen LogP contribution < -0.4 is 5.90 Å². The summed E-state index contributed by atoms with van der Waals surface area (Å²) in [5.41, 5.74) is 0.718. The second-order valence-electron chi connectivity index (χ2n) is 5.38. The van der Waals surface area contributed by atoms with E-state index in [0.717, 1.165) is 12.1 Å². The number of hydrogen-bond acceptors (Lipinski definition) is 3. The first-order valence-electron chi connectivity index (χ1n) is 7.29. The molecule has 0 saturated carbocycles. The molecule has 3 N–H and O–H groups in total. The molecule has 0 bridgehead atoms. The van der Waals surface area contributed by atoms with Crippen molar-refractivity contribution < 1.29 is 27.9 Å². The third-order valence-corrected chi connectivity index (χ3v) is 3.69. The van der Waals surface area contributed by atoms with Crippen molar-refractivity contribution in [2.45, 2.75) is 19.5 Å². The standard InChI is InChI=1S/C18H16F3NO3/c1-11(12-6-4-7-14(9-12)18(19,20)21)17(25-22)15-8-3-2-5-13(15)10-16(23)24/h2-9H,10,22H2,1H3,(H,23,24). The van der Waals surface area contributed by atoms with Crippen LogP contribution in [0.3, 0.4) is 0 Å². The van der Waals surface area contributed by atoms with Crippen molar-refractivity contribution in [3.63, 3.8) is 0 Å². The van der Waals surface area contributed by atoms with Gasteiger partial charge in [0.1, 0.15) is 0 Å². The summed E-state index contributed by atoms with van der Waals surface area (Å²) in [4.78, 5) is 15.9. The number of hydrogen-bond donors (Lipinski definition) is 2. The fourth-order valence-electron chi connectivity index (χ4n) is 2.47. The minimum atomic E-state index is -4.47. The molecule has 4 nitrogen and oxygen atoms in total. The molecule has 0 heterocycles. The lowest BCUT2D eigenvalue weighted by Crippen LogP contribution is -2.08. The molecule has 0 fully saturated rings. The predicted molar refractivity (Wildman–Crippen MR) is 87.0 cm³/mol. The van der Waals surface area contributed by atoms with E-state index in [2.05, 4.69) is 0 Å². The maximum atomic E-state index is 12.9. The van der Waals surface area contributed by atoms with E-state index >= 15 is 0 Å². The van der Waals surface area contributed by atoms with Crippen LogP contribution in [0, 0.1) is 0 Å². The monoisotopic (exact) mass is 351 g/mol. The molecule has 0 unspecified atom stereocenters. The minimum Gasteiger partial charge on any atom is -0.481 e. The van der Waals surface area contributed by atoms with Crippen LogP contribution in [0.5, 0.6) is 0 Å². The van der Waals surface area contributed by atoms with Gasteiger partial charge >= 0.3 is 12.1 Å². The number of rotatable bonds is 5. The molecule has 0 spiro atoms. The number of nitrogens with two attached hydrogens (primary N) is 1. The molecule has 25 heavy (non-hydrogen) atoms. The molecular weight excluding hydrogens is 335 g/mol. The van der Waals surface area contributed by atoms with Crippen molar-refractivity contribution in [3.05, 3.63) is 70.8 Å². The zero-order valence-electron chi connectivity index (χ0n) is 13.3. The van der Waals surface area contributed by atoms with Gasteiger partial charge in [0.05, 0.1) is 12.0 Å². The minimum absolute atomic E-state index is 0.121. The Bertz CT molecular complexity index is 813. The summed E-state index contributed by atoms with van der Waals surface area (Å²) < 4.78 is 38.7. The zero-order chi connectivity index (χ0) is 18.6. The highest BCUT2D eigenvalue weighted by molar-refractivity contribution is 5.88. The number of carboxylic acids is 1. The quantitative estimate of drug-likeness (QED) is 0.483. The molecule has 2 rings (SSSR count). The fraction of sp³-hybridized carbons (Fsp3) is 0.167. The van der Waals surface area contributed by atoms with Crippen molar-refractivity contribution in [2.75, 3.05) is 0 Å². The van der Waals surface area contributed by atoms with Crippen molar-refractivity contribution >= 4 is 17.3 Å². The molecule has 0 amide bonds. The van der Waals surface area contributed by atoms with Gasteiger partial charge in [0.15, 0.2) is 5.76 Å². The lowest BCUT2D eigenvalue weighted by Gasteiger charge is -2.15. The molecule has 0 atom stereocenters. The number of aliphatic carboxylic acids is 1. The first kappa shape index (κ1) is 18.5. The van der Waals surface area contributed by atoms with E-state index in [4.69, 9.17) is 15.8 Å². The number of carboxylic acid groups (broad SMARTS) is 1. The first-order chi connectivity index (χ1) is 11.7. The van der Waals surface area contributed by atoms with Gasteiger partial charge in [-0.25, -0.2) is 0 Å². The summed E-state index contributed by atoms with van der Waals surface area (Å²) in [6.45, 7) is 1.56. The van der Waals surface area contributed by atoms with E-state index in [1.807, 2.05) is 0 Å². The van der Waals surface area contributed by atoms with Crippen molar-refractivity contribution in [2.24, 2.45) is 5.90 Å². The highest BCUT2D eigenvalue weighted by Crippen LogP contribution is 2.33. The Morgan fingerprint density at radius 3 is 2.44 bits per heavy atom. The third kappa shape index (κ3) is 4.39. The van der Waals surface area contributed by atoms with Crippen LogP contribution in [-0.2, 0) is 22.2 Å². The Balaban J connectivity index is 2.58. The van der Waals surface area contributed by atoms with Gasteiger partial charge in [-0.05, 0) is 30.2 Å². The first-order valence-corrected chi connectivity index (χ1v) is 7.29. The molecule has 0 aromatic heterocycles. The van der Waals surface area contributed by atoms with E-state index < -0.39 is 17.7 Å². The van der Waals surface area contributed by atoms with Crippen LogP contribution in [-0.4, -0.2) is 11.1 Å². The van der Waals surface area contributed by atoms with E-state index in [0.29, 0.717) is 16.7 Å².